The fraction of sp³-hybridized carbons (Fsp3) is 0.278. The van der Waals surface area contributed by atoms with Gasteiger partial charge < -0.3 is 19.7 Å². The van der Waals surface area contributed by atoms with Crippen molar-refractivity contribution in [2.75, 3.05) is 23.9 Å². The van der Waals surface area contributed by atoms with Crippen LogP contribution in [0.1, 0.15) is 24.2 Å². The van der Waals surface area contributed by atoms with Crippen molar-refractivity contribution in [1.82, 2.24) is 4.98 Å². The minimum atomic E-state index is -0.526. The van der Waals surface area contributed by atoms with E-state index in [0.29, 0.717) is 29.3 Å². The Morgan fingerprint density at radius 3 is 2.96 bits per heavy atom. The van der Waals surface area contributed by atoms with Gasteiger partial charge in [-0.15, -0.1) is 0 Å². The lowest BCUT2D eigenvalue weighted by atomic mass is 10.1. The summed E-state index contributed by atoms with van der Waals surface area (Å²) >= 11 is 0. The van der Waals surface area contributed by atoms with Crippen LogP contribution in [0.2, 0.25) is 0 Å². The summed E-state index contributed by atoms with van der Waals surface area (Å²) in [6.45, 7) is 3.95. The molecule has 130 valence electrons. The molecule has 2 amide bonds. The third-order valence-corrected chi connectivity index (χ3v) is 3.86. The molecule has 0 spiro atoms. The largest absolute Gasteiger partial charge is 0.479 e. The number of carbonyl (C=O) groups excluding carboxylic acids is 2. The minimum absolute atomic E-state index is 0.137. The number of nitrogens with one attached hydrogen (secondary N) is 1. The van der Waals surface area contributed by atoms with Gasteiger partial charge in [-0.3, -0.25) is 9.59 Å². The van der Waals surface area contributed by atoms with E-state index in [-0.39, 0.29) is 17.7 Å². The first-order chi connectivity index (χ1) is 12.0. The number of anilines is 2. The average Bonchev–Trinajstić information content (AvgIpc) is 2.61. The van der Waals surface area contributed by atoms with Crippen LogP contribution in [0, 0.1) is 0 Å². The highest BCUT2D eigenvalue weighted by molar-refractivity contribution is 6.06. The number of carbonyl (C=O) groups is 2. The standard InChI is InChI=1S/C18H19N3O4/c1-4-24-17-13(6-5-9-19-17)16(22)20-12-7-8-15-14(10-12)21(3)18(23)11(2)25-15/h5-11H,4H2,1-3H3,(H,20,22). The molecule has 0 radical (unpaired) electrons. The summed E-state index contributed by atoms with van der Waals surface area (Å²) in [5.74, 6) is 0.409. The highest BCUT2D eigenvalue weighted by atomic mass is 16.5. The first-order valence-electron chi connectivity index (χ1n) is 7.98. The van der Waals surface area contributed by atoms with Crippen LogP contribution in [0.5, 0.6) is 11.6 Å². The molecule has 1 aromatic carbocycles. The van der Waals surface area contributed by atoms with Gasteiger partial charge in [-0.2, -0.15) is 0 Å². The van der Waals surface area contributed by atoms with E-state index in [1.165, 1.54) is 4.90 Å². The van der Waals surface area contributed by atoms with Crippen LogP contribution in [-0.4, -0.2) is 36.6 Å². The first kappa shape index (κ1) is 16.8. The second-order valence-electron chi connectivity index (χ2n) is 5.58. The number of hydrogen-bond donors (Lipinski definition) is 1. The van der Waals surface area contributed by atoms with Crippen molar-refractivity contribution >= 4 is 23.2 Å². The molecule has 1 atom stereocenters. The van der Waals surface area contributed by atoms with Crippen molar-refractivity contribution in [3.8, 4) is 11.6 Å². The van der Waals surface area contributed by atoms with Crippen molar-refractivity contribution in [3.63, 3.8) is 0 Å². The molecule has 0 aliphatic carbocycles. The molecule has 0 saturated heterocycles. The zero-order chi connectivity index (χ0) is 18.0. The van der Waals surface area contributed by atoms with Gasteiger partial charge >= 0.3 is 0 Å². The summed E-state index contributed by atoms with van der Waals surface area (Å²) in [6, 6.07) is 8.48. The molecule has 1 aromatic heterocycles. The third-order valence-electron chi connectivity index (χ3n) is 3.86. The maximum Gasteiger partial charge on any atom is 0.267 e. The fourth-order valence-corrected chi connectivity index (χ4v) is 2.60. The number of fused-ring (bicyclic) bond motifs is 1. The van der Waals surface area contributed by atoms with E-state index in [9.17, 15) is 9.59 Å². The second kappa shape index (κ2) is 6.80. The zero-order valence-electron chi connectivity index (χ0n) is 14.3. The molecule has 0 saturated carbocycles. The van der Waals surface area contributed by atoms with E-state index in [4.69, 9.17) is 9.47 Å². The van der Waals surface area contributed by atoms with Crippen molar-refractivity contribution in [1.29, 1.82) is 0 Å². The third kappa shape index (κ3) is 3.26. The number of pyridine rings is 1. The number of likely N-dealkylation sites (N-methyl/N-ethyl adjacent to an activating group) is 1. The Kier molecular flexibility index (Phi) is 4.56. The maximum atomic E-state index is 12.5. The first-order valence-corrected chi connectivity index (χ1v) is 7.98. The summed E-state index contributed by atoms with van der Waals surface area (Å²) in [5, 5.41) is 2.80. The van der Waals surface area contributed by atoms with E-state index in [0.717, 1.165) is 0 Å². The maximum absolute atomic E-state index is 12.5. The van der Waals surface area contributed by atoms with Crippen LogP contribution in [0.3, 0.4) is 0 Å². The van der Waals surface area contributed by atoms with Gasteiger partial charge in [0.25, 0.3) is 11.8 Å². The van der Waals surface area contributed by atoms with E-state index in [1.807, 2.05) is 6.92 Å². The number of benzene rings is 1. The molecule has 1 unspecified atom stereocenters. The lowest BCUT2D eigenvalue weighted by molar-refractivity contribution is -0.125. The van der Waals surface area contributed by atoms with Gasteiger partial charge in [0, 0.05) is 18.9 Å². The van der Waals surface area contributed by atoms with E-state index < -0.39 is 6.10 Å². The molecule has 0 bridgehead atoms. The number of amides is 2. The second-order valence-corrected chi connectivity index (χ2v) is 5.58. The van der Waals surface area contributed by atoms with Crippen LogP contribution in [-0.2, 0) is 4.79 Å². The quantitative estimate of drug-likeness (QED) is 0.924. The number of aromatic nitrogens is 1. The van der Waals surface area contributed by atoms with Gasteiger partial charge in [0.1, 0.15) is 11.3 Å². The molecule has 2 aromatic rings. The Morgan fingerprint density at radius 1 is 1.40 bits per heavy atom. The normalized spacial score (nSPS) is 16.0. The summed E-state index contributed by atoms with van der Waals surface area (Å²) in [7, 11) is 1.68. The number of nitrogens with zero attached hydrogens (tertiary/aromatic N) is 2. The van der Waals surface area contributed by atoms with Crippen LogP contribution >= 0.6 is 0 Å². The highest BCUT2D eigenvalue weighted by Gasteiger charge is 2.29. The molecule has 1 N–H and O–H groups in total. The molecule has 2 heterocycles. The summed E-state index contributed by atoms with van der Waals surface area (Å²) in [6.07, 6.45) is 1.04. The van der Waals surface area contributed by atoms with Crippen molar-refractivity contribution < 1.29 is 19.1 Å². The molecular formula is C18H19N3O4. The van der Waals surface area contributed by atoms with Gasteiger partial charge in [-0.1, -0.05) is 0 Å². The van der Waals surface area contributed by atoms with Gasteiger partial charge in [0.2, 0.25) is 5.88 Å². The van der Waals surface area contributed by atoms with Gasteiger partial charge in [0.15, 0.2) is 6.10 Å². The molecule has 3 rings (SSSR count). The van der Waals surface area contributed by atoms with E-state index in [2.05, 4.69) is 10.3 Å². The monoisotopic (exact) mass is 341 g/mol. The molecule has 25 heavy (non-hydrogen) atoms. The molecule has 0 fully saturated rings. The summed E-state index contributed by atoms with van der Waals surface area (Å²) in [4.78, 5) is 30.2. The lowest BCUT2D eigenvalue weighted by Gasteiger charge is -2.30. The van der Waals surface area contributed by atoms with Crippen LogP contribution in [0.25, 0.3) is 0 Å². The van der Waals surface area contributed by atoms with Crippen molar-refractivity contribution in [2.45, 2.75) is 20.0 Å². The Morgan fingerprint density at radius 2 is 2.20 bits per heavy atom. The molecule has 1 aliphatic heterocycles. The fourth-order valence-electron chi connectivity index (χ4n) is 2.60. The molecule has 7 heteroatoms. The predicted octanol–water partition coefficient (Wildman–Crippen LogP) is 2.48. The van der Waals surface area contributed by atoms with E-state index in [1.54, 1.807) is 50.5 Å². The SMILES string of the molecule is CCOc1ncccc1C(=O)Nc1ccc2c(c1)N(C)C(=O)C(C)O2. The number of rotatable bonds is 4. The van der Waals surface area contributed by atoms with E-state index >= 15 is 0 Å². The molecule has 1 aliphatic rings. The van der Waals surface area contributed by atoms with Gasteiger partial charge in [-0.25, -0.2) is 4.98 Å². The summed E-state index contributed by atoms with van der Waals surface area (Å²) in [5.41, 5.74) is 1.50. The number of ether oxygens (including phenoxy) is 2. The topological polar surface area (TPSA) is 80.8 Å². The Labute approximate surface area is 145 Å². The smallest absolute Gasteiger partial charge is 0.267 e. The highest BCUT2D eigenvalue weighted by Crippen LogP contribution is 2.35. The van der Waals surface area contributed by atoms with Crippen LogP contribution in [0.4, 0.5) is 11.4 Å². The Hall–Kier alpha value is -3.09. The Balaban J connectivity index is 1.85. The molecule has 7 nitrogen and oxygen atoms in total. The predicted molar refractivity (Wildman–Crippen MR) is 93.3 cm³/mol. The van der Waals surface area contributed by atoms with Crippen molar-refractivity contribution in [3.05, 3.63) is 42.1 Å². The average molecular weight is 341 g/mol. The van der Waals surface area contributed by atoms with Crippen LogP contribution in [0.15, 0.2) is 36.5 Å². The lowest BCUT2D eigenvalue weighted by Crippen LogP contribution is -2.41. The van der Waals surface area contributed by atoms with Crippen LogP contribution < -0.4 is 19.7 Å². The minimum Gasteiger partial charge on any atom is -0.479 e. The number of hydrogen-bond acceptors (Lipinski definition) is 5. The van der Waals surface area contributed by atoms with Gasteiger partial charge in [0.05, 0.1) is 12.3 Å². The van der Waals surface area contributed by atoms with Crippen molar-refractivity contribution in [2.24, 2.45) is 0 Å². The molecular weight excluding hydrogens is 322 g/mol. The zero-order valence-corrected chi connectivity index (χ0v) is 14.3. The summed E-state index contributed by atoms with van der Waals surface area (Å²) < 4.78 is 11.0. The Bertz CT molecular complexity index is 822. The van der Waals surface area contributed by atoms with Gasteiger partial charge in [-0.05, 0) is 44.2 Å².